The van der Waals surface area contributed by atoms with Crippen LogP contribution in [0.25, 0.3) is 0 Å². The van der Waals surface area contributed by atoms with Gasteiger partial charge in [-0.15, -0.1) is 0 Å². The van der Waals surface area contributed by atoms with Crippen molar-refractivity contribution in [3.8, 4) is 5.75 Å². The van der Waals surface area contributed by atoms with E-state index >= 15 is 0 Å². The fourth-order valence-corrected chi connectivity index (χ4v) is 4.32. The smallest absolute Gasteiger partial charge is 0.130 e. The molecule has 0 aliphatic carbocycles. The lowest BCUT2D eigenvalue weighted by atomic mass is 9.79. The van der Waals surface area contributed by atoms with Gasteiger partial charge in [0, 0.05) is 18.2 Å². The Morgan fingerprint density at radius 2 is 1.54 bits per heavy atom. The van der Waals surface area contributed by atoms with Gasteiger partial charge in [-0.05, 0) is 48.7 Å². The molecule has 2 N–H and O–H groups in total. The first-order chi connectivity index (χ1) is 13.6. The van der Waals surface area contributed by atoms with E-state index in [4.69, 9.17) is 0 Å². The van der Waals surface area contributed by atoms with Crippen molar-refractivity contribution >= 4 is 0 Å². The van der Waals surface area contributed by atoms with Crippen molar-refractivity contribution in [2.45, 2.75) is 31.0 Å². The van der Waals surface area contributed by atoms with Gasteiger partial charge in [-0.25, -0.2) is 4.39 Å². The highest BCUT2D eigenvalue weighted by Gasteiger charge is 2.45. The standard InChI is InChI=1S/C24H24FNO2/c25-21-13-14-22(27)18(16-21)17-26-15-7-12-23(26)24(28,19-8-3-1-4-9-19)20-10-5-2-6-11-20/h1-6,8-11,13-14,16,23,27-28H,7,12,15,17H2/t23-/m1/s1. The number of hydrogen-bond donors (Lipinski definition) is 2. The predicted octanol–water partition coefficient (Wildman–Crippen LogP) is 4.43. The van der Waals surface area contributed by atoms with E-state index in [-0.39, 0.29) is 17.6 Å². The largest absolute Gasteiger partial charge is 0.508 e. The third-order valence-corrected chi connectivity index (χ3v) is 5.69. The predicted molar refractivity (Wildman–Crippen MR) is 107 cm³/mol. The molecule has 28 heavy (non-hydrogen) atoms. The fourth-order valence-electron chi connectivity index (χ4n) is 4.32. The molecular formula is C24H24FNO2. The van der Waals surface area contributed by atoms with Gasteiger partial charge in [0.15, 0.2) is 0 Å². The van der Waals surface area contributed by atoms with Crippen LogP contribution in [-0.4, -0.2) is 27.7 Å². The zero-order chi connectivity index (χ0) is 19.6. The van der Waals surface area contributed by atoms with E-state index in [1.807, 2.05) is 60.7 Å². The minimum absolute atomic E-state index is 0.0787. The summed E-state index contributed by atoms with van der Waals surface area (Å²) in [5.74, 6) is -0.292. The van der Waals surface area contributed by atoms with E-state index in [0.717, 1.165) is 30.5 Å². The molecule has 1 saturated heterocycles. The van der Waals surface area contributed by atoms with Crippen LogP contribution in [-0.2, 0) is 12.1 Å². The Morgan fingerprint density at radius 1 is 0.929 bits per heavy atom. The van der Waals surface area contributed by atoms with E-state index in [2.05, 4.69) is 4.90 Å². The highest BCUT2D eigenvalue weighted by atomic mass is 19.1. The number of nitrogens with zero attached hydrogens (tertiary/aromatic N) is 1. The highest BCUT2D eigenvalue weighted by molar-refractivity contribution is 5.39. The topological polar surface area (TPSA) is 43.7 Å². The summed E-state index contributed by atoms with van der Waals surface area (Å²) in [5, 5.41) is 22.2. The van der Waals surface area contributed by atoms with Crippen molar-refractivity contribution in [3.63, 3.8) is 0 Å². The molecule has 3 aromatic rings. The number of phenols is 1. The molecule has 4 heteroatoms. The normalized spacial score (nSPS) is 17.7. The van der Waals surface area contributed by atoms with Crippen molar-refractivity contribution in [2.75, 3.05) is 6.54 Å². The lowest BCUT2D eigenvalue weighted by molar-refractivity contribution is -0.00674. The Kier molecular flexibility index (Phi) is 5.16. The zero-order valence-electron chi connectivity index (χ0n) is 15.6. The van der Waals surface area contributed by atoms with Gasteiger partial charge in [0.25, 0.3) is 0 Å². The number of phenolic OH excluding ortho intramolecular Hbond substituents is 1. The minimum Gasteiger partial charge on any atom is -0.508 e. The Hall–Kier alpha value is -2.69. The minimum atomic E-state index is -1.19. The third kappa shape index (κ3) is 3.41. The second-order valence-corrected chi connectivity index (χ2v) is 7.40. The van der Waals surface area contributed by atoms with Crippen LogP contribution in [0.2, 0.25) is 0 Å². The second-order valence-electron chi connectivity index (χ2n) is 7.40. The Morgan fingerprint density at radius 3 is 2.14 bits per heavy atom. The second kappa shape index (κ2) is 7.74. The van der Waals surface area contributed by atoms with Crippen LogP contribution in [0, 0.1) is 5.82 Å². The maximum absolute atomic E-state index is 13.7. The quantitative estimate of drug-likeness (QED) is 0.691. The van der Waals surface area contributed by atoms with Gasteiger partial charge >= 0.3 is 0 Å². The van der Waals surface area contributed by atoms with Crippen LogP contribution < -0.4 is 0 Å². The van der Waals surface area contributed by atoms with Crippen LogP contribution in [0.15, 0.2) is 78.9 Å². The fraction of sp³-hybridized carbons (Fsp3) is 0.250. The number of likely N-dealkylation sites (tertiary alicyclic amines) is 1. The molecule has 1 atom stereocenters. The SMILES string of the molecule is Oc1ccc(F)cc1CN1CCC[C@@H]1C(O)(c1ccccc1)c1ccccc1. The molecule has 4 rings (SSSR count). The molecule has 1 heterocycles. The Labute approximate surface area is 164 Å². The van der Waals surface area contributed by atoms with Gasteiger partial charge in [0.2, 0.25) is 0 Å². The van der Waals surface area contributed by atoms with E-state index in [1.54, 1.807) is 0 Å². The van der Waals surface area contributed by atoms with Crippen LogP contribution in [0.1, 0.15) is 29.5 Å². The summed E-state index contributed by atoms with van der Waals surface area (Å²) in [5.41, 5.74) is 1.01. The van der Waals surface area contributed by atoms with E-state index in [9.17, 15) is 14.6 Å². The average Bonchev–Trinajstić information content (AvgIpc) is 3.20. The molecule has 0 amide bonds. The molecule has 144 valence electrons. The molecule has 0 spiro atoms. The van der Waals surface area contributed by atoms with Crippen LogP contribution in [0.4, 0.5) is 4.39 Å². The number of aliphatic hydroxyl groups is 1. The number of rotatable bonds is 5. The van der Waals surface area contributed by atoms with Crippen LogP contribution in [0.3, 0.4) is 0 Å². The van der Waals surface area contributed by atoms with Gasteiger partial charge in [-0.2, -0.15) is 0 Å². The number of halogens is 1. The molecule has 0 aromatic heterocycles. The molecule has 0 radical (unpaired) electrons. The third-order valence-electron chi connectivity index (χ3n) is 5.69. The van der Waals surface area contributed by atoms with Crippen LogP contribution >= 0.6 is 0 Å². The highest BCUT2D eigenvalue weighted by Crippen LogP contribution is 2.41. The summed E-state index contributed by atoms with van der Waals surface area (Å²) in [7, 11) is 0. The van der Waals surface area contributed by atoms with Gasteiger partial charge in [-0.1, -0.05) is 60.7 Å². The monoisotopic (exact) mass is 377 g/mol. The molecule has 0 saturated carbocycles. The van der Waals surface area contributed by atoms with E-state index in [1.165, 1.54) is 18.2 Å². The maximum atomic E-state index is 13.7. The molecule has 0 unspecified atom stereocenters. The van der Waals surface area contributed by atoms with Gasteiger partial charge in [0.1, 0.15) is 17.2 Å². The first-order valence-electron chi connectivity index (χ1n) is 9.64. The van der Waals surface area contributed by atoms with Crippen LogP contribution in [0.5, 0.6) is 5.75 Å². The van der Waals surface area contributed by atoms with Crippen molar-refractivity contribution in [1.82, 2.24) is 4.90 Å². The Bertz CT molecular complexity index is 890. The Balaban J connectivity index is 1.74. The zero-order valence-corrected chi connectivity index (χ0v) is 15.6. The molecule has 3 aromatic carbocycles. The summed E-state index contributed by atoms with van der Waals surface area (Å²) >= 11 is 0. The van der Waals surface area contributed by atoms with Crippen molar-refractivity contribution < 1.29 is 14.6 Å². The summed E-state index contributed by atoms with van der Waals surface area (Å²) in [6.07, 6.45) is 1.75. The molecule has 3 nitrogen and oxygen atoms in total. The number of benzene rings is 3. The van der Waals surface area contributed by atoms with Gasteiger partial charge in [-0.3, -0.25) is 4.90 Å². The number of hydrogen-bond acceptors (Lipinski definition) is 3. The molecule has 0 bridgehead atoms. The molecular weight excluding hydrogens is 353 g/mol. The van der Waals surface area contributed by atoms with E-state index in [0.29, 0.717) is 12.1 Å². The first-order valence-corrected chi connectivity index (χ1v) is 9.64. The van der Waals surface area contributed by atoms with Crippen molar-refractivity contribution in [3.05, 3.63) is 101 Å². The summed E-state index contributed by atoms with van der Waals surface area (Å²) in [6, 6.07) is 23.2. The molecule has 1 aliphatic heterocycles. The molecule has 1 fully saturated rings. The van der Waals surface area contributed by atoms with Crippen molar-refractivity contribution in [2.24, 2.45) is 0 Å². The number of aromatic hydroxyl groups is 1. The van der Waals surface area contributed by atoms with Gasteiger partial charge < -0.3 is 10.2 Å². The summed E-state index contributed by atoms with van der Waals surface area (Å²) in [4.78, 5) is 2.15. The lowest BCUT2D eigenvalue weighted by Crippen LogP contribution is -2.48. The molecule has 1 aliphatic rings. The lowest BCUT2D eigenvalue weighted by Gasteiger charge is -2.40. The van der Waals surface area contributed by atoms with Crippen molar-refractivity contribution in [1.29, 1.82) is 0 Å². The van der Waals surface area contributed by atoms with E-state index < -0.39 is 5.60 Å². The summed E-state index contributed by atoms with van der Waals surface area (Å²) in [6.45, 7) is 1.17. The first kappa shape index (κ1) is 18.7. The van der Waals surface area contributed by atoms with Gasteiger partial charge in [0.05, 0.1) is 0 Å². The average molecular weight is 377 g/mol. The maximum Gasteiger partial charge on any atom is 0.130 e. The summed E-state index contributed by atoms with van der Waals surface area (Å²) < 4.78 is 13.7.